The third-order valence-electron chi connectivity index (χ3n) is 3.99. The van der Waals surface area contributed by atoms with Gasteiger partial charge in [-0.25, -0.2) is 0 Å². The van der Waals surface area contributed by atoms with E-state index < -0.39 is 0 Å². The van der Waals surface area contributed by atoms with Gasteiger partial charge in [0.15, 0.2) is 0 Å². The van der Waals surface area contributed by atoms with Crippen LogP contribution in [0.15, 0.2) is 24.3 Å². The molecule has 0 bridgehead atoms. The van der Waals surface area contributed by atoms with Gasteiger partial charge in [0.1, 0.15) is 0 Å². The standard InChI is InChI=1S/C16H24N2O2/c1-4-12-5-7-13(8-6-12)11(2)18-16(19)15-9-14(20-3)10-17-15/h5-8,11,14-15,17H,4,9-10H2,1-3H3,(H,18,19). The lowest BCUT2D eigenvalue weighted by Crippen LogP contribution is -2.41. The van der Waals surface area contributed by atoms with Gasteiger partial charge in [0, 0.05) is 13.7 Å². The first-order valence-corrected chi connectivity index (χ1v) is 7.29. The van der Waals surface area contributed by atoms with Crippen molar-refractivity contribution in [3.05, 3.63) is 35.4 Å². The van der Waals surface area contributed by atoms with Gasteiger partial charge < -0.3 is 15.4 Å². The Kier molecular flexibility index (Phi) is 5.15. The minimum atomic E-state index is -0.141. The van der Waals surface area contributed by atoms with Gasteiger partial charge in [-0.15, -0.1) is 0 Å². The van der Waals surface area contributed by atoms with Crippen LogP contribution in [-0.4, -0.2) is 31.7 Å². The molecule has 20 heavy (non-hydrogen) atoms. The minimum Gasteiger partial charge on any atom is -0.380 e. The zero-order valence-corrected chi connectivity index (χ0v) is 12.5. The largest absolute Gasteiger partial charge is 0.380 e. The Hall–Kier alpha value is -1.39. The number of ether oxygens (including phenoxy) is 1. The summed E-state index contributed by atoms with van der Waals surface area (Å²) in [5.74, 6) is 0.0524. The monoisotopic (exact) mass is 276 g/mol. The lowest BCUT2D eigenvalue weighted by molar-refractivity contribution is -0.123. The summed E-state index contributed by atoms with van der Waals surface area (Å²) >= 11 is 0. The van der Waals surface area contributed by atoms with E-state index in [9.17, 15) is 4.79 Å². The van der Waals surface area contributed by atoms with E-state index in [1.165, 1.54) is 5.56 Å². The maximum Gasteiger partial charge on any atom is 0.237 e. The molecule has 4 heteroatoms. The first-order chi connectivity index (χ1) is 9.63. The maximum atomic E-state index is 12.2. The van der Waals surface area contributed by atoms with Crippen molar-refractivity contribution in [2.75, 3.05) is 13.7 Å². The summed E-state index contributed by atoms with van der Waals surface area (Å²) in [7, 11) is 1.69. The number of amides is 1. The molecule has 2 rings (SSSR count). The Morgan fingerprint density at radius 2 is 2.15 bits per heavy atom. The van der Waals surface area contributed by atoms with Crippen LogP contribution in [0, 0.1) is 0 Å². The first-order valence-electron chi connectivity index (χ1n) is 7.29. The van der Waals surface area contributed by atoms with Gasteiger partial charge in [-0.2, -0.15) is 0 Å². The normalized spacial score (nSPS) is 23.6. The average Bonchev–Trinajstić information content (AvgIpc) is 2.96. The topological polar surface area (TPSA) is 50.4 Å². The van der Waals surface area contributed by atoms with Gasteiger partial charge in [-0.3, -0.25) is 4.79 Å². The zero-order valence-electron chi connectivity index (χ0n) is 12.5. The van der Waals surface area contributed by atoms with E-state index in [1.807, 2.05) is 6.92 Å². The molecule has 0 saturated carbocycles. The molecular weight excluding hydrogens is 252 g/mol. The van der Waals surface area contributed by atoms with Crippen LogP contribution in [0.1, 0.15) is 37.4 Å². The Balaban J connectivity index is 1.90. The minimum absolute atomic E-state index is 0.0248. The van der Waals surface area contributed by atoms with E-state index in [0.29, 0.717) is 0 Å². The van der Waals surface area contributed by atoms with Crippen LogP contribution in [0.5, 0.6) is 0 Å². The fourth-order valence-electron chi connectivity index (χ4n) is 2.52. The fourth-order valence-corrected chi connectivity index (χ4v) is 2.52. The van der Waals surface area contributed by atoms with Crippen molar-refractivity contribution in [1.82, 2.24) is 10.6 Å². The van der Waals surface area contributed by atoms with E-state index in [1.54, 1.807) is 7.11 Å². The molecule has 110 valence electrons. The molecule has 1 saturated heterocycles. The molecule has 1 aromatic rings. The van der Waals surface area contributed by atoms with Crippen molar-refractivity contribution in [2.45, 2.75) is 44.9 Å². The summed E-state index contributed by atoms with van der Waals surface area (Å²) in [4.78, 5) is 12.2. The summed E-state index contributed by atoms with van der Waals surface area (Å²) < 4.78 is 5.26. The molecule has 3 atom stereocenters. The molecule has 1 aliphatic rings. The molecular formula is C16H24N2O2. The molecule has 4 nitrogen and oxygen atoms in total. The Bertz CT molecular complexity index is 444. The Morgan fingerprint density at radius 1 is 1.45 bits per heavy atom. The highest BCUT2D eigenvalue weighted by Crippen LogP contribution is 2.15. The maximum absolute atomic E-state index is 12.2. The van der Waals surface area contributed by atoms with Crippen LogP contribution in [0.3, 0.4) is 0 Å². The van der Waals surface area contributed by atoms with E-state index in [0.717, 1.165) is 24.9 Å². The van der Waals surface area contributed by atoms with Crippen LogP contribution in [0.4, 0.5) is 0 Å². The molecule has 1 aromatic carbocycles. The van der Waals surface area contributed by atoms with Crippen LogP contribution in [0.25, 0.3) is 0 Å². The quantitative estimate of drug-likeness (QED) is 0.862. The number of hydrogen-bond acceptors (Lipinski definition) is 3. The van der Waals surface area contributed by atoms with E-state index in [4.69, 9.17) is 4.74 Å². The number of carbonyl (C=O) groups is 1. The van der Waals surface area contributed by atoms with Crippen LogP contribution in [0.2, 0.25) is 0 Å². The van der Waals surface area contributed by atoms with Gasteiger partial charge >= 0.3 is 0 Å². The highest BCUT2D eigenvalue weighted by Gasteiger charge is 2.29. The number of hydrogen-bond donors (Lipinski definition) is 2. The number of nitrogens with one attached hydrogen (secondary N) is 2. The summed E-state index contributed by atoms with van der Waals surface area (Å²) in [5.41, 5.74) is 2.45. The molecule has 1 amide bonds. The van der Waals surface area contributed by atoms with Crippen molar-refractivity contribution in [1.29, 1.82) is 0 Å². The summed E-state index contributed by atoms with van der Waals surface area (Å²) in [5, 5.41) is 6.26. The molecule has 0 aliphatic carbocycles. The zero-order chi connectivity index (χ0) is 14.5. The van der Waals surface area contributed by atoms with E-state index >= 15 is 0 Å². The molecule has 2 N–H and O–H groups in total. The molecule has 0 aromatic heterocycles. The number of methoxy groups -OCH3 is 1. The Labute approximate surface area is 120 Å². The van der Waals surface area contributed by atoms with Crippen LogP contribution >= 0.6 is 0 Å². The molecule has 3 unspecified atom stereocenters. The van der Waals surface area contributed by atoms with Crippen LogP contribution < -0.4 is 10.6 Å². The molecule has 1 aliphatic heterocycles. The Morgan fingerprint density at radius 3 is 2.70 bits per heavy atom. The predicted octanol–water partition coefficient (Wildman–Crippen LogP) is 1.80. The third-order valence-corrected chi connectivity index (χ3v) is 3.99. The predicted molar refractivity (Wildman–Crippen MR) is 79.6 cm³/mol. The van der Waals surface area contributed by atoms with Crippen molar-refractivity contribution < 1.29 is 9.53 Å². The third kappa shape index (κ3) is 3.58. The SMILES string of the molecule is CCc1ccc(C(C)NC(=O)C2CC(OC)CN2)cc1. The van der Waals surface area contributed by atoms with Crippen molar-refractivity contribution in [3.63, 3.8) is 0 Å². The van der Waals surface area contributed by atoms with Crippen molar-refractivity contribution in [2.24, 2.45) is 0 Å². The highest BCUT2D eigenvalue weighted by atomic mass is 16.5. The number of aryl methyl sites for hydroxylation is 1. The summed E-state index contributed by atoms with van der Waals surface area (Å²) in [6.07, 6.45) is 1.92. The lowest BCUT2D eigenvalue weighted by Gasteiger charge is -2.18. The molecule has 0 spiro atoms. The molecule has 1 fully saturated rings. The summed E-state index contributed by atoms with van der Waals surface area (Å²) in [6, 6.07) is 8.29. The first kappa shape index (κ1) is 15.0. The second-order valence-electron chi connectivity index (χ2n) is 5.38. The highest BCUT2D eigenvalue weighted by molar-refractivity contribution is 5.82. The van der Waals surface area contributed by atoms with Gasteiger partial charge in [0.25, 0.3) is 0 Å². The second-order valence-corrected chi connectivity index (χ2v) is 5.38. The van der Waals surface area contributed by atoms with Gasteiger partial charge in [0.05, 0.1) is 18.2 Å². The van der Waals surface area contributed by atoms with Crippen molar-refractivity contribution >= 4 is 5.91 Å². The second kappa shape index (κ2) is 6.86. The van der Waals surface area contributed by atoms with E-state index in [2.05, 4.69) is 41.8 Å². The van der Waals surface area contributed by atoms with Gasteiger partial charge in [0.2, 0.25) is 5.91 Å². The van der Waals surface area contributed by atoms with E-state index in [-0.39, 0.29) is 24.1 Å². The number of carbonyl (C=O) groups excluding carboxylic acids is 1. The lowest BCUT2D eigenvalue weighted by atomic mass is 10.0. The van der Waals surface area contributed by atoms with Gasteiger partial charge in [-0.1, -0.05) is 31.2 Å². The summed E-state index contributed by atoms with van der Waals surface area (Å²) in [6.45, 7) is 4.90. The smallest absolute Gasteiger partial charge is 0.237 e. The van der Waals surface area contributed by atoms with Crippen molar-refractivity contribution in [3.8, 4) is 0 Å². The number of rotatable bonds is 5. The molecule has 1 heterocycles. The average molecular weight is 276 g/mol. The van der Waals surface area contributed by atoms with Gasteiger partial charge in [-0.05, 0) is 30.9 Å². The van der Waals surface area contributed by atoms with Crippen LogP contribution in [-0.2, 0) is 16.0 Å². The number of benzene rings is 1. The fraction of sp³-hybridized carbons (Fsp3) is 0.562. The molecule has 0 radical (unpaired) electrons.